The van der Waals surface area contributed by atoms with Gasteiger partial charge in [0.15, 0.2) is 6.04 Å². The zero-order chi connectivity index (χ0) is 15.2. The number of carbonyl (C=O) groups is 2. The number of aromatic nitrogens is 2. The highest BCUT2D eigenvalue weighted by Gasteiger charge is 2.22. The Morgan fingerprint density at radius 2 is 2.14 bits per heavy atom. The maximum Gasteiger partial charge on any atom is 0.330 e. The molecule has 1 aromatic carbocycles. The predicted molar refractivity (Wildman–Crippen MR) is 75.4 cm³/mol. The molecule has 108 valence electrons. The van der Waals surface area contributed by atoms with Gasteiger partial charge < -0.3 is 10.4 Å². The number of carbonyl (C=O) groups excluding carboxylic acids is 1. The van der Waals surface area contributed by atoms with Gasteiger partial charge in [0.05, 0.1) is 12.1 Å². The van der Waals surface area contributed by atoms with Crippen LogP contribution in [0.15, 0.2) is 42.9 Å². The molecule has 0 fully saturated rings. The molecule has 0 bridgehead atoms. The molecule has 0 aliphatic rings. The second-order valence-corrected chi connectivity index (χ2v) is 4.63. The van der Waals surface area contributed by atoms with Crippen LogP contribution in [0.1, 0.15) is 22.9 Å². The molecule has 1 atom stereocenters. The summed E-state index contributed by atoms with van der Waals surface area (Å²) in [6.45, 7) is 1.86. The SMILES string of the molecule is Cc1cccc(C(NC(=O)Cc2cnccn2)C(=O)O)c1. The van der Waals surface area contributed by atoms with Gasteiger partial charge in [-0.15, -0.1) is 0 Å². The number of carboxylic acid groups (broad SMARTS) is 1. The number of nitrogens with one attached hydrogen (secondary N) is 1. The van der Waals surface area contributed by atoms with Crippen molar-refractivity contribution in [3.05, 3.63) is 59.7 Å². The van der Waals surface area contributed by atoms with E-state index in [-0.39, 0.29) is 6.42 Å². The van der Waals surface area contributed by atoms with E-state index < -0.39 is 17.9 Å². The van der Waals surface area contributed by atoms with E-state index in [4.69, 9.17) is 0 Å². The summed E-state index contributed by atoms with van der Waals surface area (Å²) in [5, 5.41) is 11.8. The van der Waals surface area contributed by atoms with Crippen LogP contribution < -0.4 is 5.32 Å². The van der Waals surface area contributed by atoms with Crippen molar-refractivity contribution in [1.29, 1.82) is 0 Å². The molecule has 1 unspecified atom stereocenters. The van der Waals surface area contributed by atoms with Crippen molar-refractivity contribution < 1.29 is 14.7 Å². The Kier molecular flexibility index (Phi) is 4.61. The number of aliphatic carboxylic acids is 1. The lowest BCUT2D eigenvalue weighted by Gasteiger charge is -2.15. The molecule has 1 heterocycles. The first kappa shape index (κ1) is 14.6. The van der Waals surface area contributed by atoms with Crippen LogP contribution in [0, 0.1) is 6.92 Å². The van der Waals surface area contributed by atoms with Gasteiger partial charge in [-0.1, -0.05) is 29.8 Å². The van der Waals surface area contributed by atoms with Crippen LogP contribution in [0.2, 0.25) is 0 Å². The van der Waals surface area contributed by atoms with Gasteiger partial charge in [0.25, 0.3) is 0 Å². The summed E-state index contributed by atoms with van der Waals surface area (Å²) in [6, 6.07) is 5.96. The molecule has 0 aliphatic carbocycles. The van der Waals surface area contributed by atoms with Gasteiger partial charge in [-0.2, -0.15) is 0 Å². The summed E-state index contributed by atoms with van der Waals surface area (Å²) in [5.41, 5.74) is 1.96. The first-order chi connectivity index (χ1) is 10.1. The fourth-order valence-corrected chi connectivity index (χ4v) is 1.94. The summed E-state index contributed by atoms with van der Waals surface area (Å²) in [7, 11) is 0. The Morgan fingerprint density at radius 1 is 1.33 bits per heavy atom. The lowest BCUT2D eigenvalue weighted by atomic mass is 10.0. The first-order valence-electron chi connectivity index (χ1n) is 6.40. The summed E-state index contributed by atoms with van der Waals surface area (Å²) < 4.78 is 0. The van der Waals surface area contributed by atoms with E-state index in [0.29, 0.717) is 11.3 Å². The van der Waals surface area contributed by atoms with Crippen LogP contribution in [-0.4, -0.2) is 27.0 Å². The van der Waals surface area contributed by atoms with Crippen molar-refractivity contribution in [2.75, 3.05) is 0 Å². The molecule has 1 amide bonds. The number of hydrogen-bond donors (Lipinski definition) is 2. The molecular formula is C15H15N3O3. The van der Waals surface area contributed by atoms with Crippen molar-refractivity contribution in [1.82, 2.24) is 15.3 Å². The van der Waals surface area contributed by atoms with Gasteiger partial charge in [-0.3, -0.25) is 14.8 Å². The minimum absolute atomic E-state index is 0.0105. The van der Waals surface area contributed by atoms with Gasteiger partial charge in [0, 0.05) is 18.6 Å². The zero-order valence-corrected chi connectivity index (χ0v) is 11.5. The minimum atomic E-state index is -1.10. The van der Waals surface area contributed by atoms with Gasteiger partial charge in [-0.25, -0.2) is 4.79 Å². The molecule has 0 aliphatic heterocycles. The molecule has 6 heteroatoms. The second-order valence-electron chi connectivity index (χ2n) is 4.63. The molecule has 1 aromatic heterocycles. The Balaban J connectivity index is 2.10. The van der Waals surface area contributed by atoms with E-state index in [2.05, 4.69) is 15.3 Å². The molecule has 21 heavy (non-hydrogen) atoms. The predicted octanol–water partition coefficient (Wildman–Crippen LogP) is 1.27. The fraction of sp³-hybridized carbons (Fsp3) is 0.200. The largest absolute Gasteiger partial charge is 0.479 e. The highest BCUT2D eigenvalue weighted by Crippen LogP contribution is 2.15. The number of amides is 1. The molecule has 2 aromatic rings. The summed E-state index contributed by atoms with van der Waals surface area (Å²) in [6.07, 6.45) is 4.46. The topological polar surface area (TPSA) is 92.2 Å². The maximum absolute atomic E-state index is 11.9. The fourth-order valence-electron chi connectivity index (χ4n) is 1.94. The van der Waals surface area contributed by atoms with Crippen molar-refractivity contribution in [2.24, 2.45) is 0 Å². The molecule has 0 spiro atoms. The van der Waals surface area contributed by atoms with E-state index >= 15 is 0 Å². The Labute approximate surface area is 121 Å². The molecule has 0 saturated heterocycles. The highest BCUT2D eigenvalue weighted by molar-refractivity contribution is 5.85. The van der Waals surface area contributed by atoms with Crippen LogP contribution >= 0.6 is 0 Å². The van der Waals surface area contributed by atoms with E-state index in [0.717, 1.165) is 5.56 Å². The van der Waals surface area contributed by atoms with Crippen LogP contribution in [0.4, 0.5) is 0 Å². The molecule has 2 N–H and O–H groups in total. The van der Waals surface area contributed by atoms with E-state index in [9.17, 15) is 14.7 Å². The summed E-state index contributed by atoms with van der Waals surface area (Å²) in [4.78, 5) is 31.1. The van der Waals surface area contributed by atoms with Crippen molar-refractivity contribution in [3.63, 3.8) is 0 Å². The number of nitrogens with zero attached hydrogens (tertiary/aromatic N) is 2. The average Bonchev–Trinajstić information content (AvgIpc) is 2.45. The average molecular weight is 285 g/mol. The van der Waals surface area contributed by atoms with Crippen LogP contribution in [0.3, 0.4) is 0 Å². The maximum atomic E-state index is 11.9. The smallest absolute Gasteiger partial charge is 0.330 e. The molecule has 6 nitrogen and oxygen atoms in total. The molecular weight excluding hydrogens is 270 g/mol. The molecule has 0 saturated carbocycles. The van der Waals surface area contributed by atoms with Crippen molar-refractivity contribution >= 4 is 11.9 Å². The summed E-state index contributed by atoms with van der Waals surface area (Å²) in [5.74, 6) is -1.52. The van der Waals surface area contributed by atoms with Crippen LogP contribution in [0.5, 0.6) is 0 Å². The number of benzene rings is 1. The van der Waals surface area contributed by atoms with Crippen LogP contribution in [-0.2, 0) is 16.0 Å². The quantitative estimate of drug-likeness (QED) is 0.863. The normalized spacial score (nSPS) is 11.7. The number of aryl methyl sites for hydroxylation is 1. The minimum Gasteiger partial charge on any atom is -0.479 e. The van der Waals surface area contributed by atoms with E-state index in [1.54, 1.807) is 18.2 Å². The number of rotatable bonds is 5. The number of carboxylic acids is 1. The highest BCUT2D eigenvalue weighted by atomic mass is 16.4. The molecule has 2 rings (SSSR count). The standard InChI is InChI=1S/C15H15N3O3/c1-10-3-2-4-11(7-10)14(15(20)21)18-13(19)8-12-9-16-5-6-17-12/h2-7,9,14H,8H2,1H3,(H,18,19)(H,20,21). The zero-order valence-electron chi connectivity index (χ0n) is 11.5. The second kappa shape index (κ2) is 6.60. The lowest BCUT2D eigenvalue weighted by Crippen LogP contribution is -2.34. The van der Waals surface area contributed by atoms with Gasteiger partial charge in [0.2, 0.25) is 5.91 Å². The molecule has 0 radical (unpaired) electrons. The third-order valence-electron chi connectivity index (χ3n) is 2.89. The van der Waals surface area contributed by atoms with Gasteiger partial charge >= 0.3 is 5.97 Å². The number of hydrogen-bond acceptors (Lipinski definition) is 4. The Morgan fingerprint density at radius 3 is 2.76 bits per heavy atom. The first-order valence-corrected chi connectivity index (χ1v) is 6.40. The van der Waals surface area contributed by atoms with Crippen LogP contribution in [0.25, 0.3) is 0 Å². The third kappa shape index (κ3) is 4.10. The van der Waals surface area contributed by atoms with Gasteiger partial charge in [-0.05, 0) is 12.5 Å². The van der Waals surface area contributed by atoms with E-state index in [1.807, 2.05) is 13.0 Å². The summed E-state index contributed by atoms with van der Waals surface area (Å²) >= 11 is 0. The van der Waals surface area contributed by atoms with E-state index in [1.165, 1.54) is 18.6 Å². The Bertz CT molecular complexity index is 644. The van der Waals surface area contributed by atoms with Crippen molar-refractivity contribution in [3.8, 4) is 0 Å². The third-order valence-corrected chi connectivity index (χ3v) is 2.89. The Hall–Kier alpha value is -2.76. The van der Waals surface area contributed by atoms with Crippen molar-refractivity contribution in [2.45, 2.75) is 19.4 Å². The van der Waals surface area contributed by atoms with Gasteiger partial charge in [0.1, 0.15) is 0 Å². The monoisotopic (exact) mass is 285 g/mol. The lowest BCUT2D eigenvalue weighted by molar-refractivity contribution is -0.142.